The first-order chi connectivity index (χ1) is 25.7. The molecule has 0 amide bonds. The molecular weight excluding hydrogens is 681 g/mol. The Morgan fingerprint density at radius 1 is 0.500 bits per heavy atom. The number of hydrogen-bond donors (Lipinski definition) is 0. The van der Waals surface area contributed by atoms with Crippen LogP contribution in [0.3, 0.4) is 0 Å². The zero-order valence-corrected chi connectivity index (χ0v) is 32.8. The Kier molecular flexibility index (Phi) is 9.07. The zero-order valence-electron chi connectivity index (χ0n) is 32.8. The van der Waals surface area contributed by atoms with Gasteiger partial charge < -0.3 is 0 Å². The first kappa shape index (κ1) is 36.1. The van der Waals surface area contributed by atoms with Crippen molar-refractivity contribution in [1.82, 2.24) is 44.9 Å². The summed E-state index contributed by atoms with van der Waals surface area (Å²) in [6.07, 6.45) is -1.43. The molecule has 0 fully saturated rings. The average Bonchev–Trinajstić information content (AvgIpc) is 3.57. The van der Waals surface area contributed by atoms with Crippen LogP contribution < -0.4 is 19.6 Å². The quantitative estimate of drug-likeness (QED) is 0.156. The molecule has 0 radical (unpaired) electrons. The highest BCUT2D eigenvalue weighted by Gasteiger charge is 2.55. The highest BCUT2D eigenvalue weighted by atomic mass is 15.6. The summed E-state index contributed by atoms with van der Waals surface area (Å²) in [6, 6.07) is 8.62. The normalized spacial score (nSPS) is 16.0. The summed E-state index contributed by atoms with van der Waals surface area (Å²) in [7, 11) is 1.72. The number of benzene rings is 2. The molecule has 5 aromatic rings. The number of anilines is 7. The summed E-state index contributed by atoms with van der Waals surface area (Å²) in [5.41, 5.74) is 7.77. The lowest BCUT2D eigenvalue weighted by Crippen LogP contribution is -2.61. The van der Waals surface area contributed by atoms with Gasteiger partial charge in [0, 0.05) is 7.05 Å². The van der Waals surface area contributed by atoms with Gasteiger partial charge in [0.25, 0.3) is 0 Å². The Bertz CT molecular complexity index is 2260. The number of hydrogen-bond acceptors (Lipinski definition) is 13. The molecule has 276 valence electrons. The third kappa shape index (κ3) is 6.16. The predicted molar refractivity (Wildman–Crippen MR) is 212 cm³/mol. The summed E-state index contributed by atoms with van der Waals surface area (Å²) in [4.78, 5) is 65.8. The van der Waals surface area contributed by atoms with E-state index in [1.165, 1.54) is 0 Å². The van der Waals surface area contributed by atoms with Gasteiger partial charge in [0.2, 0.25) is 23.8 Å². The molecule has 7 rings (SSSR count). The van der Waals surface area contributed by atoms with Crippen LogP contribution in [0.25, 0.3) is 0 Å². The van der Waals surface area contributed by atoms with Gasteiger partial charge in [0.1, 0.15) is 40.8 Å². The van der Waals surface area contributed by atoms with Crippen molar-refractivity contribution in [3.63, 3.8) is 0 Å². The number of aromatic nitrogens is 9. The monoisotopic (exact) mass is 724 g/mol. The van der Waals surface area contributed by atoms with Crippen molar-refractivity contribution in [3.8, 4) is 0 Å². The van der Waals surface area contributed by atoms with Gasteiger partial charge in [-0.2, -0.15) is 34.9 Å². The SMILES string of the molecule is C=NC(C)=NC(=NC)N1c2cc(C)c(C)cc2N(c2nc(C)nc(C)n2)C1C1N(c2nc(C)nc(C)n2)c2cc(C)c(C)cc2N1c1nc(C)nc(C)n1. The van der Waals surface area contributed by atoms with Crippen LogP contribution in [-0.4, -0.2) is 82.7 Å². The molecule has 16 heteroatoms. The fourth-order valence-corrected chi connectivity index (χ4v) is 7.09. The van der Waals surface area contributed by atoms with Crippen molar-refractivity contribution in [1.29, 1.82) is 0 Å². The van der Waals surface area contributed by atoms with Crippen LogP contribution >= 0.6 is 0 Å². The summed E-state index contributed by atoms with van der Waals surface area (Å²) >= 11 is 0. The minimum absolute atomic E-state index is 0.397. The van der Waals surface area contributed by atoms with E-state index in [0.29, 0.717) is 64.6 Å². The highest BCUT2D eigenvalue weighted by Crippen LogP contribution is 2.54. The summed E-state index contributed by atoms with van der Waals surface area (Å²) in [6.45, 7) is 25.1. The third-order valence-corrected chi connectivity index (χ3v) is 9.64. The molecule has 0 bridgehead atoms. The third-order valence-electron chi connectivity index (χ3n) is 9.64. The lowest BCUT2D eigenvalue weighted by atomic mass is 10.1. The Morgan fingerprint density at radius 3 is 1.15 bits per heavy atom. The lowest BCUT2D eigenvalue weighted by molar-refractivity contribution is 0.534. The van der Waals surface area contributed by atoms with Crippen molar-refractivity contribution in [3.05, 3.63) is 81.5 Å². The lowest BCUT2D eigenvalue weighted by Gasteiger charge is -2.42. The van der Waals surface area contributed by atoms with E-state index in [0.717, 1.165) is 45.0 Å². The van der Waals surface area contributed by atoms with Crippen LogP contribution in [0.2, 0.25) is 0 Å². The van der Waals surface area contributed by atoms with E-state index in [1.807, 2.05) is 41.5 Å². The van der Waals surface area contributed by atoms with Gasteiger partial charge in [0.15, 0.2) is 12.3 Å². The molecular formula is C38H44N16. The smallest absolute Gasteiger partial charge is 0.235 e. The fourth-order valence-electron chi connectivity index (χ4n) is 7.09. The Labute approximate surface area is 315 Å². The molecule has 2 aliphatic rings. The van der Waals surface area contributed by atoms with E-state index in [9.17, 15) is 0 Å². The maximum absolute atomic E-state index is 4.97. The second-order valence-corrected chi connectivity index (χ2v) is 13.7. The number of fused-ring (bicyclic) bond motifs is 2. The predicted octanol–water partition coefficient (Wildman–Crippen LogP) is 6.03. The molecule has 2 aromatic carbocycles. The van der Waals surface area contributed by atoms with Gasteiger partial charge in [-0.1, -0.05) is 0 Å². The first-order valence-electron chi connectivity index (χ1n) is 17.6. The number of rotatable bonds is 4. The number of guanidine groups is 1. The van der Waals surface area contributed by atoms with E-state index in [4.69, 9.17) is 39.9 Å². The van der Waals surface area contributed by atoms with Crippen LogP contribution in [-0.2, 0) is 0 Å². The maximum atomic E-state index is 4.97. The van der Waals surface area contributed by atoms with Crippen LogP contribution in [0.4, 0.5) is 40.6 Å². The number of aryl methyl sites for hydroxylation is 10. The summed E-state index contributed by atoms with van der Waals surface area (Å²) in [5.74, 6) is 5.69. The van der Waals surface area contributed by atoms with Gasteiger partial charge in [-0.25, -0.2) is 19.9 Å². The van der Waals surface area contributed by atoms with Crippen molar-refractivity contribution in [2.24, 2.45) is 15.0 Å². The molecule has 54 heavy (non-hydrogen) atoms. The van der Waals surface area contributed by atoms with Gasteiger partial charge in [-0.15, -0.1) is 0 Å². The number of amidine groups is 1. The molecule has 1 atom stereocenters. The maximum Gasteiger partial charge on any atom is 0.235 e. The molecule has 0 aliphatic carbocycles. The van der Waals surface area contributed by atoms with E-state index in [2.05, 4.69) is 98.2 Å². The van der Waals surface area contributed by atoms with Crippen LogP contribution in [0, 0.1) is 69.2 Å². The topological polar surface area (TPSA) is 166 Å². The van der Waals surface area contributed by atoms with Gasteiger partial charge in [-0.3, -0.25) is 24.6 Å². The summed E-state index contributed by atoms with van der Waals surface area (Å²) in [5, 5.41) is 0. The fraction of sp³-hybridized carbons (Fsp3) is 0.368. The second kappa shape index (κ2) is 13.6. The largest absolute Gasteiger partial charge is 0.283 e. The highest BCUT2D eigenvalue weighted by molar-refractivity contribution is 6.09. The van der Waals surface area contributed by atoms with Crippen molar-refractivity contribution in [2.75, 3.05) is 26.6 Å². The molecule has 2 aliphatic heterocycles. The van der Waals surface area contributed by atoms with Crippen LogP contribution in [0.15, 0.2) is 39.2 Å². The van der Waals surface area contributed by atoms with Crippen molar-refractivity contribution >= 4 is 59.1 Å². The molecule has 1 unspecified atom stereocenters. The zero-order chi connectivity index (χ0) is 38.7. The van der Waals surface area contributed by atoms with Gasteiger partial charge in [-0.05, 0) is 129 Å². The number of nitrogens with zero attached hydrogens (tertiary/aromatic N) is 16. The molecule has 5 heterocycles. The molecule has 0 saturated heterocycles. The molecule has 0 spiro atoms. The molecule has 0 N–H and O–H groups in total. The molecule has 3 aromatic heterocycles. The van der Waals surface area contributed by atoms with Gasteiger partial charge in [0.05, 0.1) is 22.7 Å². The van der Waals surface area contributed by atoms with E-state index in [1.54, 1.807) is 14.0 Å². The van der Waals surface area contributed by atoms with E-state index < -0.39 is 12.3 Å². The standard InChI is InChI=1S/C38H44N16/c1-18-14-29-30(15-19(18)2)52(36-45-23(6)41-24(7)46-36)33(51(29)35(40-13)44-22(5)39-12)34-53(37-47-25(8)42-26(9)48-37)31-16-20(3)21(4)17-32(31)54(34)38-49-27(10)43-28(11)50-38/h14-17,33-34H,12H2,1-11,13H3. The minimum Gasteiger partial charge on any atom is -0.283 e. The molecule has 0 saturated carbocycles. The Hall–Kier alpha value is -6.32. The second-order valence-electron chi connectivity index (χ2n) is 13.7. The van der Waals surface area contributed by atoms with E-state index >= 15 is 0 Å². The minimum atomic E-state index is -0.717. The van der Waals surface area contributed by atoms with Gasteiger partial charge >= 0.3 is 0 Å². The molecule has 16 nitrogen and oxygen atoms in total. The Morgan fingerprint density at radius 2 is 0.815 bits per heavy atom. The van der Waals surface area contributed by atoms with Crippen LogP contribution in [0.5, 0.6) is 0 Å². The Balaban J connectivity index is 1.65. The van der Waals surface area contributed by atoms with Crippen molar-refractivity contribution < 1.29 is 0 Å². The average molecular weight is 725 g/mol. The number of aliphatic imine (C=N–C) groups is 3. The van der Waals surface area contributed by atoms with Crippen LogP contribution in [0.1, 0.15) is 64.1 Å². The summed E-state index contributed by atoms with van der Waals surface area (Å²) < 4.78 is 0. The first-order valence-corrected chi connectivity index (χ1v) is 17.6. The van der Waals surface area contributed by atoms with Crippen molar-refractivity contribution in [2.45, 2.75) is 88.5 Å². The van der Waals surface area contributed by atoms with E-state index in [-0.39, 0.29) is 0 Å².